The van der Waals surface area contributed by atoms with Gasteiger partial charge in [-0.05, 0) is 29.8 Å². The number of amides is 2. The van der Waals surface area contributed by atoms with Gasteiger partial charge in [0.15, 0.2) is 0 Å². The molecule has 0 aliphatic heterocycles. The van der Waals surface area contributed by atoms with Crippen LogP contribution in [0.3, 0.4) is 0 Å². The van der Waals surface area contributed by atoms with Crippen molar-refractivity contribution >= 4 is 17.7 Å². The number of nitrogens with one attached hydrogen (secondary N) is 2. The highest BCUT2D eigenvalue weighted by molar-refractivity contribution is 5.93. The van der Waals surface area contributed by atoms with E-state index < -0.39 is 5.97 Å². The van der Waals surface area contributed by atoms with Crippen LogP contribution in [0.1, 0.15) is 15.9 Å². The quantitative estimate of drug-likeness (QED) is 0.832. The Labute approximate surface area is 134 Å². The summed E-state index contributed by atoms with van der Waals surface area (Å²) >= 11 is 0. The number of benzene rings is 2. The number of rotatable bonds is 5. The molecule has 0 bridgehead atoms. The summed E-state index contributed by atoms with van der Waals surface area (Å²) in [6, 6.07) is 13.9. The lowest BCUT2D eigenvalue weighted by molar-refractivity contribution is 0.0597. The summed E-state index contributed by atoms with van der Waals surface area (Å²) in [5.41, 5.74) is 1.78. The molecule has 0 radical (unpaired) electrons. The number of anilines is 1. The van der Waals surface area contributed by atoms with E-state index in [-0.39, 0.29) is 12.6 Å². The summed E-state index contributed by atoms with van der Waals surface area (Å²) in [5.74, 6) is -0.0632. The second-order valence-corrected chi connectivity index (χ2v) is 4.70. The number of esters is 1. The maximum Gasteiger partial charge on any atom is 0.341 e. The van der Waals surface area contributed by atoms with Crippen LogP contribution in [0.2, 0.25) is 0 Å². The van der Waals surface area contributed by atoms with Gasteiger partial charge in [-0.15, -0.1) is 0 Å². The molecule has 6 heteroatoms. The second kappa shape index (κ2) is 7.84. The topological polar surface area (TPSA) is 76.7 Å². The van der Waals surface area contributed by atoms with Gasteiger partial charge in [0.05, 0.1) is 14.2 Å². The van der Waals surface area contributed by atoms with Gasteiger partial charge in [-0.25, -0.2) is 9.59 Å². The summed E-state index contributed by atoms with van der Waals surface area (Å²) in [7, 11) is 2.78. The minimum atomic E-state index is -0.488. The van der Waals surface area contributed by atoms with Crippen molar-refractivity contribution in [2.24, 2.45) is 0 Å². The smallest absolute Gasteiger partial charge is 0.341 e. The van der Waals surface area contributed by atoms with E-state index >= 15 is 0 Å². The Morgan fingerprint density at radius 1 is 1.04 bits per heavy atom. The molecule has 2 amide bonds. The third kappa shape index (κ3) is 4.47. The van der Waals surface area contributed by atoms with Gasteiger partial charge in [0.1, 0.15) is 11.3 Å². The molecule has 0 aromatic heterocycles. The van der Waals surface area contributed by atoms with Crippen molar-refractivity contribution in [2.45, 2.75) is 6.54 Å². The molecule has 0 unspecified atom stereocenters. The minimum absolute atomic E-state index is 0.270. The molecule has 2 aromatic carbocycles. The number of para-hydroxylation sites is 1. The normalized spacial score (nSPS) is 9.83. The van der Waals surface area contributed by atoms with Crippen molar-refractivity contribution in [2.75, 3.05) is 19.5 Å². The third-order valence-electron chi connectivity index (χ3n) is 3.15. The molecule has 2 rings (SSSR count). The summed E-state index contributed by atoms with van der Waals surface area (Å²) < 4.78 is 9.85. The number of carbonyl (C=O) groups is 2. The van der Waals surface area contributed by atoms with Crippen LogP contribution < -0.4 is 15.4 Å². The number of methoxy groups -OCH3 is 2. The van der Waals surface area contributed by atoms with E-state index in [0.717, 1.165) is 5.56 Å². The highest BCUT2D eigenvalue weighted by atomic mass is 16.5. The fourth-order valence-electron chi connectivity index (χ4n) is 2.01. The van der Waals surface area contributed by atoms with Crippen molar-refractivity contribution in [1.82, 2.24) is 5.32 Å². The molecule has 0 spiro atoms. The zero-order valence-corrected chi connectivity index (χ0v) is 13.0. The summed E-state index contributed by atoms with van der Waals surface area (Å²) in [5, 5.41) is 5.44. The zero-order chi connectivity index (χ0) is 16.7. The molecule has 6 nitrogen and oxygen atoms in total. The van der Waals surface area contributed by atoms with Crippen LogP contribution >= 0.6 is 0 Å². The molecule has 120 valence electrons. The van der Waals surface area contributed by atoms with E-state index in [1.54, 1.807) is 30.3 Å². The van der Waals surface area contributed by atoms with Crippen LogP contribution in [-0.4, -0.2) is 26.2 Å². The number of hydrogen-bond donors (Lipinski definition) is 2. The zero-order valence-electron chi connectivity index (χ0n) is 13.0. The molecular formula is C17H18N2O4. The van der Waals surface area contributed by atoms with Crippen LogP contribution in [0.4, 0.5) is 10.5 Å². The summed E-state index contributed by atoms with van der Waals surface area (Å²) in [4.78, 5) is 23.6. The van der Waals surface area contributed by atoms with Crippen molar-refractivity contribution in [1.29, 1.82) is 0 Å². The summed E-state index contributed by atoms with van der Waals surface area (Å²) in [6.07, 6.45) is 0. The van der Waals surface area contributed by atoms with Gasteiger partial charge in [-0.2, -0.15) is 0 Å². The van der Waals surface area contributed by atoms with Gasteiger partial charge < -0.3 is 20.1 Å². The Kier molecular flexibility index (Phi) is 5.57. The molecule has 23 heavy (non-hydrogen) atoms. The van der Waals surface area contributed by atoms with Gasteiger partial charge in [-0.1, -0.05) is 24.3 Å². The van der Waals surface area contributed by atoms with Crippen molar-refractivity contribution in [3.63, 3.8) is 0 Å². The highest BCUT2D eigenvalue weighted by Gasteiger charge is 2.13. The van der Waals surface area contributed by atoms with E-state index in [1.807, 2.05) is 18.2 Å². The van der Waals surface area contributed by atoms with E-state index in [0.29, 0.717) is 17.0 Å². The molecule has 0 fully saturated rings. The van der Waals surface area contributed by atoms with E-state index in [2.05, 4.69) is 10.6 Å². The number of hydrogen-bond acceptors (Lipinski definition) is 4. The predicted molar refractivity (Wildman–Crippen MR) is 86.6 cm³/mol. The van der Waals surface area contributed by atoms with E-state index in [4.69, 9.17) is 9.47 Å². The Morgan fingerprint density at radius 2 is 1.78 bits per heavy atom. The van der Waals surface area contributed by atoms with Crippen LogP contribution in [0, 0.1) is 0 Å². The van der Waals surface area contributed by atoms with Crippen molar-refractivity contribution in [3.05, 3.63) is 59.7 Å². The molecule has 0 heterocycles. The lowest BCUT2D eigenvalue weighted by Gasteiger charge is -2.11. The average molecular weight is 314 g/mol. The number of ether oxygens (including phenoxy) is 2. The molecule has 0 saturated carbocycles. The van der Waals surface area contributed by atoms with Gasteiger partial charge in [-0.3, -0.25) is 0 Å². The van der Waals surface area contributed by atoms with Crippen molar-refractivity contribution < 1.29 is 19.1 Å². The molecule has 0 aliphatic rings. The van der Waals surface area contributed by atoms with Crippen LogP contribution in [0.15, 0.2) is 48.5 Å². The van der Waals surface area contributed by atoms with Crippen LogP contribution in [0.25, 0.3) is 0 Å². The Hall–Kier alpha value is -3.02. The maximum absolute atomic E-state index is 11.8. The largest absolute Gasteiger partial charge is 0.496 e. The van der Waals surface area contributed by atoms with Crippen LogP contribution in [0.5, 0.6) is 5.75 Å². The number of urea groups is 1. The highest BCUT2D eigenvalue weighted by Crippen LogP contribution is 2.20. The lowest BCUT2D eigenvalue weighted by atomic mass is 10.1. The fourth-order valence-corrected chi connectivity index (χ4v) is 2.01. The standard InChI is InChI=1S/C17H18N2O4/c1-22-15-9-8-12(10-14(15)16(20)23-2)11-18-17(21)19-13-6-4-3-5-7-13/h3-10H,11H2,1-2H3,(H2,18,19,21). The first-order chi connectivity index (χ1) is 11.1. The first kappa shape index (κ1) is 16.4. The van der Waals surface area contributed by atoms with Crippen LogP contribution in [-0.2, 0) is 11.3 Å². The predicted octanol–water partition coefficient (Wildman–Crippen LogP) is 2.80. The minimum Gasteiger partial charge on any atom is -0.496 e. The Morgan fingerprint density at radius 3 is 2.43 bits per heavy atom. The first-order valence-corrected chi connectivity index (χ1v) is 6.99. The number of carbonyl (C=O) groups excluding carboxylic acids is 2. The second-order valence-electron chi connectivity index (χ2n) is 4.70. The Bertz CT molecular complexity index is 686. The summed E-state index contributed by atoms with van der Waals surface area (Å²) in [6.45, 7) is 0.270. The van der Waals surface area contributed by atoms with E-state index in [1.165, 1.54) is 14.2 Å². The van der Waals surface area contributed by atoms with Gasteiger partial charge in [0, 0.05) is 12.2 Å². The SMILES string of the molecule is COC(=O)c1cc(CNC(=O)Nc2ccccc2)ccc1OC. The van der Waals surface area contributed by atoms with Gasteiger partial charge in [0.2, 0.25) is 0 Å². The molecule has 0 aliphatic carbocycles. The molecule has 0 atom stereocenters. The Balaban J connectivity index is 2.00. The van der Waals surface area contributed by atoms with Crippen molar-refractivity contribution in [3.8, 4) is 5.75 Å². The molecular weight excluding hydrogens is 296 g/mol. The van der Waals surface area contributed by atoms with E-state index in [9.17, 15) is 9.59 Å². The third-order valence-corrected chi connectivity index (χ3v) is 3.15. The van der Waals surface area contributed by atoms with Gasteiger partial charge >= 0.3 is 12.0 Å². The molecule has 2 N–H and O–H groups in total. The van der Waals surface area contributed by atoms with Gasteiger partial charge in [0.25, 0.3) is 0 Å². The monoisotopic (exact) mass is 314 g/mol. The average Bonchev–Trinajstić information content (AvgIpc) is 2.60. The molecule has 2 aromatic rings. The maximum atomic E-state index is 11.8. The first-order valence-electron chi connectivity index (χ1n) is 6.99. The molecule has 0 saturated heterocycles. The fraction of sp³-hybridized carbons (Fsp3) is 0.176. The lowest BCUT2D eigenvalue weighted by Crippen LogP contribution is -2.28.